The van der Waals surface area contributed by atoms with Gasteiger partial charge in [0.05, 0.1) is 20.3 Å². The highest BCUT2D eigenvalue weighted by Crippen LogP contribution is 2.80. The Morgan fingerprint density at radius 1 is 0.612 bits per heavy atom. The number of ether oxygens (including phenoxy) is 5. The minimum Gasteiger partial charge on any atom is -0.508 e. The normalized spacial score (nSPS) is 31.4. The van der Waals surface area contributed by atoms with Crippen LogP contribution in [0, 0.1) is 19.3 Å². The van der Waals surface area contributed by atoms with Gasteiger partial charge in [0.15, 0.2) is 23.0 Å². The molecular weight excluding hydrogens is 624 g/mol. The number of phenolic OH excluding ortho intramolecular Hbond substituents is 4. The first-order chi connectivity index (χ1) is 23.5. The number of hydrogen-bond donors (Lipinski definition) is 4. The highest BCUT2D eigenvalue weighted by molar-refractivity contribution is 5.51. The average molecular weight is 665 g/mol. The molecule has 254 valence electrons. The van der Waals surface area contributed by atoms with Gasteiger partial charge in [0.25, 0.3) is 0 Å². The van der Waals surface area contributed by atoms with Crippen LogP contribution in [-0.2, 0) is 14.2 Å². The zero-order valence-electron chi connectivity index (χ0n) is 27.9. The van der Waals surface area contributed by atoms with Crippen LogP contribution in [0.4, 0.5) is 0 Å². The first-order valence-corrected chi connectivity index (χ1v) is 16.5. The Hall–Kier alpha value is -4.70. The standard InChI is InChI=1S/C40H40O9/c1-21-16-24(6-10-28(21)41)34-23(3)38(35(47-34)26-9-13-32(45-4)31(44)18-26)14-15-39-36(25-7-11-29(42)22(2)17-25)48-37(40(39,20-38)49-39)27-8-12-30(43)33(19-27)46-5/h6-13,16-19,34-37,41-44H,3,14-15,20H2,1-2,4-5H3/t34-,35-,36-,37+,38+,39-,40+/m0/s1. The molecule has 1 saturated carbocycles. The monoisotopic (exact) mass is 664 g/mol. The van der Waals surface area contributed by atoms with E-state index in [1.807, 2.05) is 50.2 Å². The van der Waals surface area contributed by atoms with Crippen LogP contribution in [-0.4, -0.2) is 45.8 Å². The summed E-state index contributed by atoms with van der Waals surface area (Å²) in [7, 11) is 3.03. The molecule has 4 aromatic rings. The van der Waals surface area contributed by atoms with Gasteiger partial charge in [0, 0.05) is 5.41 Å². The molecule has 4 fully saturated rings. The number of methoxy groups -OCH3 is 2. The van der Waals surface area contributed by atoms with Crippen molar-refractivity contribution >= 4 is 0 Å². The molecule has 3 saturated heterocycles. The van der Waals surface area contributed by atoms with Crippen molar-refractivity contribution in [1.82, 2.24) is 0 Å². The fourth-order valence-corrected chi connectivity index (χ4v) is 8.90. The molecule has 1 spiro atoms. The lowest BCUT2D eigenvalue weighted by Gasteiger charge is -2.42. The maximum Gasteiger partial charge on any atom is 0.160 e. The molecule has 9 heteroatoms. The molecule has 3 aliphatic heterocycles. The van der Waals surface area contributed by atoms with E-state index >= 15 is 0 Å². The van der Waals surface area contributed by atoms with E-state index in [0.29, 0.717) is 30.8 Å². The molecule has 7 atom stereocenters. The van der Waals surface area contributed by atoms with Crippen molar-refractivity contribution in [2.75, 3.05) is 14.2 Å². The van der Waals surface area contributed by atoms with Crippen LogP contribution in [0.25, 0.3) is 0 Å². The molecule has 0 aromatic heterocycles. The summed E-state index contributed by atoms with van der Waals surface area (Å²) in [6, 6.07) is 21.6. The van der Waals surface area contributed by atoms with E-state index in [9.17, 15) is 20.4 Å². The van der Waals surface area contributed by atoms with E-state index in [0.717, 1.165) is 39.0 Å². The summed E-state index contributed by atoms with van der Waals surface area (Å²) >= 11 is 0. The largest absolute Gasteiger partial charge is 0.508 e. The van der Waals surface area contributed by atoms with Crippen LogP contribution in [0.15, 0.2) is 84.9 Å². The molecular formula is C40H40O9. The first-order valence-electron chi connectivity index (χ1n) is 16.5. The Balaban J connectivity index is 1.27. The predicted octanol–water partition coefficient (Wildman–Crippen LogP) is 7.70. The molecule has 4 N–H and O–H groups in total. The highest BCUT2D eigenvalue weighted by atomic mass is 16.7. The summed E-state index contributed by atoms with van der Waals surface area (Å²) in [4.78, 5) is 0. The van der Waals surface area contributed by atoms with Gasteiger partial charge in [-0.05, 0) is 121 Å². The van der Waals surface area contributed by atoms with Crippen molar-refractivity contribution in [3.05, 3.63) is 118 Å². The fraction of sp³-hybridized carbons (Fsp3) is 0.350. The van der Waals surface area contributed by atoms with Crippen LogP contribution in [0.1, 0.15) is 77.1 Å². The molecule has 3 heterocycles. The molecule has 9 nitrogen and oxygen atoms in total. The van der Waals surface area contributed by atoms with Crippen LogP contribution in [0.3, 0.4) is 0 Å². The third kappa shape index (κ3) is 4.42. The Kier molecular flexibility index (Phi) is 7.02. The van der Waals surface area contributed by atoms with Gasteiger partial charge >= 0.3 is 0 Å². The van der Waals surface area contributed by atoms with Crippen molar-refractivity contribution in [1.29, 1.82) is 0 Å². The van der Waals surface area contributed by atoms with Gasteiger partial charge in [-0.3, -0.25) is 0 Å². The molecule has 0 unspecified atom stereocenters. The van der Waals surface area contributed by atoms with Gasteiger partial charge in [0.2, 0.25) is 0 Å². The Morgan fingerprint density at radius 2 is 1.18 bits per heavy atom. The fourth-order valence-electron chi connectivity index (χ4n) is 8.90. The van der Waals surface area contributed by atoms with Crippen LogP contribution in [0.5, 0.6) is 34.5 Å². The maximum absolute atomic E-state index is 10.9. The maximum atomic E-state index is 10.9. The van der Waals surface area contributed by atoms with Gasteiger partial charge in [-0.25, -0.2) is 0 Å². The van der Waals surface area contributed by atoms with Crippen LogP contribution >= 0.6 is 0 Å². The van der Waals surface area contributed by atoms with Crippen molar-refractivity contribution < 1.29 is 44.1 Å². The van der Waals surface area contributed by atoms with Gasteiger partial charge in [-0.1, -0.05) is 30.8 Å². The SMILES string of the molecule is C=C1[C@@H](c2ccc(O)c(C)c2)O[C@@H](c2ccc(OC)c(O)c2)[C@@]12CC[C@@]13O[C@]1(C2)[C@@H](c1ccc(O)c(OC)c1)O[C@H]3c1ccc(O)c(C)c1. The predicted molar refractivity (Wildman–Crippen MR) is 180 cm³/mol. The third-order valence-electron chi connectivity index (χ3n) is 11.5. The number of aromatic hydroxyl groups is 4. The molecule has 0 bridgehead atoms. The molecule has 4 aromatic carbocycles. The number of hydrogen-bond acceptors (Lipinski definition) is 9. The molecule has 0 amide bonds. The number of phenols is 4. The van der Waals surface area contributed by atoms with Crippen molar-refractivity contribution in [3.8, 4) is 34.5 Å². The number of epoxide rings is 1. The first kappa shape index (κ1) is 31.6. The van der Waals surface area contributed by atoms with E-state index in [1.54, 1.807) is 36.4 Å². The average Bonchev–Trinajstić information content (AvgIpc) is 3.58. The second kappa shape index (κ2) is 10.9. The lowest BCUT2D eigenvalue weighted by atomic mass is 9.57. The Morgan fingerprint density at radius 3 is 1.84 bits per heavy atom. The quantitative estimate of drug-likeness (QED) is 0.121. The van der Waals surface area contributed by atoms with Gasteiger partial charge in [0.1, 0.15) is 41.0 Å². The molecule has 1 aliphatic carbocycles. The van der Waals surface area contributed by atoms with Crippen LogP contribution in [0.2, 0.25) is 0 Å². The number of rotatable bonds is 6. The van der Waals surface area contributed by atoms with E-state index in [-0.39, 0.29) is 23.0 Å². The second-order valence-corrected chi connectivity index (χ2v) is 14.0. The Labute approximate surface area is 284 Å². The lowest BCUT2D eigenvalue weighted by Crippen LogP contribution is -2.43. The molecule has 49 heavy (non-hydrogen) atoms. The van der Waals surface area contributed by atoms with E-state index in [2.05, 4.69) is 0 Å². The highest BCUT2D eigenvalue weighted by Gasteiger charge is 2.86. The van der Waals surface area contributed by atoms with Crippen molar-refractivity contribution in [2.45, 2.75) is 68.7 Å². The lowest BCUT2D eigenvalue weighted by molar-refractivity contribution is -0.0749. The minimum absolute atomic E-state index is 0.0142. The van der Waals surface area contributed by atoms with Gasteiger partial charge in [-0.15, -0.1) is 0 Å². The summed E-state index contributed by atoms with van der Waals surface area (Å²) in [5.41, 5.74) is 3.65. The zero-order valence-corrected chi connectivity index (χ0v) is 27.9. The summed E-state index contributed by atoms with van der Waals surface area (Å²) in [5, 5.41) is 42.0. The van der Waals surface area contributed by atoms with E-state index in [1.165, 1.54) is 14.2 Å². The smallest absolute Gasteiger partial charge is 0.160 e. The molecule has 4 aliphatic rings. The number of aryl methyl sites for hydroxylation is 2. The van der Waals surface area contributed by atoms with Crippen LogP contribution < -0.4 is 9.47 Å². The summed E-state index contributed by atoms with van der Waals surface area (Å²) in [6.45, 7) is 8.44. The minimum atomic E-state index is -0.803. The molecule has 0 radical (unpaired) electrons. The van der Waals surface area contributed by atoms with Crippen molar-refractivity contribution in [2.24, 2.45) is 5.41 Å². The second-order valence-electron chi connectivity index (χ2n) is 14.0. The van der Waals surface area contributed by atoms with Gasteiger partial charge in [-0.2, -0.15) is 0 Å². The molecule has 8 rings (SSSR count). The van der Waals surface area contributed by atoms with E-state index < -0.39 is 41.0 Å². The summed E-state index contributed by atoms with van der Waals surface area (Å²) in [6.07, 6.45) is -0.147. The summed E-state index contributed by atoms with van der Waals surface area (Å²) < 4.78 is 32.0. The van der Waals surface area contributed by atoms with E-state index in [4.69, 9.17) is 30.3 Å². The van der Waals surface area contributed by atoms with Crippen molar-refractivity contribution in [3.63, 3.8) is 0 Å². The summed E-state index contributed by atoms with van der Waals surface area (Å²) in [5.74, 6) is 1.16. The zero-order chi connectivity index (χ0) is 34.5. The number of benzene rings is 4. The van der Waals surface area contributed by atoms with Gasteiger partial charge < -0.3 is 44.1 Å². The topological polar surface area (TPSA) is 130 Å². The Bertz CT molecular complexity index is 2010. The third-order valence-corrected chi connectivity index (χ3v) is 11.5.